The summed E-state index contributed by atoms with van der Waals surface area (Å²) in [7, 11) is 1.79. The van der Waals surface area contributed by atoms with Crippen molar-refractivity contribution in [2.75, 3.05) is 6.61 Å². The second-order valence-corrected chi connectivity index (χ2v) is 9.89. The molecule has 5 rings (SSSR count). The van der Waals surface area contributed by atoms with Gasteiger partial charge in [0.15, 0.2) is 5.82 Å². The quantitative estimate of drug-likeness (QED) is 0.411. The van der Waals surface area contributed by atoms with Crippen molar-refractivity contribution in [2.45, 2.75) is 17.0 Å². The molecule has 34 heavy (non-hydrogen) atoms. The number of rotatable bonds is 6. The summed E-state index contributed by atoms with van der Waals surface area (Å²) in [6.07, 6.45) is 5.07. The van der Waals surface area contributed by atoms with Gasteiger partial charge in [0.1, 0.15) is 11.5 Å². The van der Waals surface area contributed by atoms with Gasteiger partial charge in [0.05, 0.1) is 39.9 Å². The Hall–Kier alpha value is -3.63. The Morgan fingerprint density at radius 2 is 1.88 bits per heavy atom. The molecule has 172 valence electrons. The number of aliphatic hydroxyl groups is 1. The number of benzene rings is 1. The summed E-state index contributed by atoms with van der Waals surface area (Å²) >= 11 is 1.49. The Kier molecular flexibility index (Phi) is 5.62. The van der Waals surface area contributed by atoms with Crippen LogP contribution < -0.4 is 5.32 Å². The molecule has 2 N–H and O–H groups in total. The maximum absolute atomic E-state index is 13.2. The lowest BCUT2D eigenvalue weighted by molar-refractivity contribution is 0.0942. The summed E-state index contributed by atoms with van der Waals surface area (Å²) < 4.78 is 14.5. The molecule has 0 aliphatic carbocycles. The van der Waals surface area contributed by atoms with Crippen molar-refractivity contribution in [1.82, 2.24) is 30.0 Å². The standard InChI is InChI=1S/C24H21FN6O2S/c1-24(13-32)23(34-24)30-22(33)20-9-19(28-21(29-20)16-11-27-31(2)12-16)15-5-8-18(26-10-15)14-3-6-17(25)7-4-14/h3-12,23,32H,13H2,1-2H3,(H,30,33)/t23?,24-/m0/s1. The topological polar surface area (TPSA) is 106 Å². The number of hydrogen-bond acceptors (Lipinski definition) is 7. The maximum atomic E-state index is 13.2. The maximum Gasteiger partial charge on any atom is 0.270 e. The van der Waals surface area contributed by atoms with Crippen LogP contribution in [0.2, 0.25) is 0 Å². The van der Waals surface area contributed by atoms with Crippen LogP contribution >= 0.6 is 11.8 Å². The number of hydrogen-bond donors (Lipinski definition) is 2. The number of nitrogens with one attached hydrogen (secondary N) is 1. The first-order valence-corrected chi connectivity index (χ1v) is 11.4. The summed E-state index contributed by atoms with van der Waals surface area (Å²) in [4.78, 5) is 26.6. The molecule has 0 saturated carbocycles. The number of aryl methyl sites for hydroxylation is 1. The molecular formula is C24H21FN6O2S. The third-order valence-corrected chi connectivity index (χ3v) is 7.10. The second-order valence-electron chi connectivity index (χ2n) is 8.25. The van der Waals surface area contributed by atoms with Crippen molar-refractivity contribution in [3.05, 3.63) is 72.6 Å². The zero-order chi connectivity index (χ0) is 23.9. The van der Waals surface area contributed by atoms with Gasteiger partial charge in [0, 0.05) is 30.6 Å². The first-order chi connectivity index (χ1) is 16.3. The van der Waals surface area contributed by atoms with Crippen LogP contribution in [0.3, 0.4) is 0 Å². The van der Waals surface area contributed by atoms with E-state index in [4.69, 9.17) is 0 Å². The number of carbonyl (C=O) groups is 1. The van der Waals surface area contributed by atoms with Crippen molar-refractivity contribution in [3.63, 3.8) is 0 Å². The molecule has 10 heteroatoms. The van der Waals surface area contributed by atoms with Crippen LogP contribution in [0.4, 0.5) is 4.39 Å². The molecule has 3 aromatic heterocycles. The minimum Gasteiger partial charge on any atom is -0.395 e. The SMILES string of the molecule is Cn1cc(-c2nc(C(=O)NC3S[C@@]3(C)CO)cc(-c3ccc(-c4ccc(F)cc4)nc3)n2)cn1. The third-order valence-electron chi connectivity index (χ3n) is 5.58. The Balaban J connectivity index is 1.49. The number of halogens is 1. The van der Waals surface area contributed by atoms with Gasteiger partial charge in [0.2, 0.25) is 0 Å². The fourth-order valence-corrected chi connectivity index (χ4v) is 4.29. The van der Waals surface area contributed by atoms with E-state index in [0.717, 1.165) is 5.56 Å². The molecular weight excluding hydrogens is 455 g/mol. The highest BCUT2D eigenvalue weighted by atomic mass is 32.2. The van der Waals surface area contributed by atoms with Gasteiger partial charge in [-0.3, -0.25) is 14.5 Å². The van der Waals surface area contributed by atoms with Gasteiger partial charge in [-0.2, -0.15) is 5.10 Å². The Bertz CT molecular complexity index is 1360. The van der Waals surface area contributed by atoms with E-state index >= 15 is 0 Å². The number of aromatic nitrogens is 5. The van der Waals surface area contributed by atoms with Gasteiger partial charge < -0.3 is 10.4 Å². The van der Waals surface area contributed by atoms with Gasteiger partial charge >= 0.3 is 0 Å². The van der Waals surface area contributed by atoms with Crippen LogP contribution in [-0.4, -0.2) is 52.5 Å². The van der Waals surface area contributed by atoms with Crippen LogP contribution in [0.1, 0.15) is 17.4 Å². The smallest absolute Gasteiger partial charge is 0.270 e. The van der Waals surface area contributed by atoms with Crippen LogP contribution in [0.15, 0.2) is 61.1 Å². The first-order valence-electron chi connectivity index (χ1n) is 10.5. The molecule has 0 radical (unpaired) electrons. The molecule has 2 atom stereocenters. The Morgan fingerprint density at radius 1 is 1.12 bits per heavy atom. The van der Waals surface area contributed by atoms with Crippen molar-refractivity contribution in [3.8, 4) is 33.9 Å². The molecule has 4 aromatic rings. The normalized spacial score (nSPS) is 19.1. The molecule has 1 aromatic carbocycles. The van der Waals surface area contributed by atoms with Crippen LogP contribution in [0.5, 0.6) is 0 Å². The van der Waals surface area contributed by atoms with Gasteiger partial charge in [-0.15, -0.1) is 11.8 Å². The van der Waals surface area contributed by atoms with E-state index in [-0.39, 0.29) is 34.1 Å². The van der Waals surface area contributed by atoms with E-state index in [0.29, 0.717) is 28.3 Å². The molecule has 0 spiro atoms. The molecule has 1 saturated heterocycles. The minimum atomic E-state index is -0.377. The number of aliphatic hydroxyl groups excluding tert-OH is 1. The molecule has 0 bridgehead atoms. The number of thioether (sulfide) groups is 1. The lowest BCUT2D eigenvalue weighted by Crippen LogP contribution is -2.33. The predicted octanol–water partition coefficient (Wildman–Crippen LogP) is 3.30. The van der Waals surface area contributed by atoms with E-state index in [1.54, 1.807) is 48.5 Å². The number of nitrogens with zero attached hydrogens (tertiary/aromatic N) is 5. The largest absolute Gasteiger partial charge is 0.395 e. The van der Waals surface area contributed by atoms with E-state index in [2.05, 4.69) is 25.4 Å². The van der Waals surface area contributed by atoms with Crippen LogP contribution in [0, 0.1) is 5.82 Å². The number of carbonyl (C=O) groups excluding carboxylic acids is 1. The van der Waals surface area contributed by atoms with Gasteiger partial charge in [-0.1, -0.05) is 0 Å². The molecule has 4 heterocycles. The average molecular weight is 477 g/mol. The molecule has 1 aliphatic heterocycles. The Morgan fingerprint density at radius 3 is 2.50 bits per heavy atom. The predicted molar refractivity (Wildman–Crippen MR) is 127 cm³/mol. The summed E-state index contributed by atoms with van der Waals surface area (Å²) in [5.74, 6) is -0.287. The Labute approximate surface area is 199 Å². The zero-order valence-electron chi connectivity index (χ0n) is 18.4. The minimum absolute atomic E-state index is 0.0232. The molecule has 1 unspecified atom stereocenters. The molecule has 1 aliphatic rings. The van der Waals surface area contributed by atoms with E-state index in [9.17, 15) is 14.3 Å². The van der Waals surface area contributed by atoms with E-state index < -0.39 is 0 Å². The second kappa shape index (κ2) is 8.62. The average Bonchev–Trinajstić information content (AvgIpc) is 3.28. The van der Waals surface area contributed by atoms with Crippen LogP contribution in [0.25, 0.3) is 33.9 Å². The van der Waals surface area contributed by atoms with Crippen LogP contribution in [-0.2, 0) is 7.05 Å². The molecule has 1 fully saturated rings. The highest BCUT2D eigenvalue weighted by molar-refractivity contribution is 8.08. The van der Waals surface area contributed by atoms with Crippen molar-refractivity contribution in [2.24, 2.45) is 7.05 Å². The van der Waals surface area contributed by atoms with E-state index in [1.807, 2.05) is 19.1 Å². The van der Waals surface area contributed by atoms with Gasteiger partial charge in [-0.05, 0) is 49.4 Å². The van der Waals surface area contributed by atoms with E-state index in [1.165, 1.54) is 23.9 Å². The van der Waals surface area contributed by atoms with Gasteiger partial charge in [0.25, 0.3) is 5.91 Å². The third kappa shape index (κ3) is 4.42. The highest BCUT2D eigenvalue weighted by Crippen LogP contribution is 2.51. The summed E-state index contributed by atoms with van der Waals surface area (Å²) in [5, 5.41) is 16.4. The fourth-order valence-electron chi connectivity index (χ4n) is 3.44. The summed E-state index contributed by atoms with van der Waals surface area (Å²) in [6.45, 7) is 1.87. The van der Waals surface area contributed by atoms with Crippen molar-refractivity contribution in [1.29, 1.82) is 0 Å². The number of pyridine rings is 1. The highest BCUT2D eigenvalue weighted by Gasteiger charge is 2.52. The summed E-state index contributed by atoms with van der Waals surface area (Å²) in [6, 6.07) is 11.4. The molecule has 1 amide bonds. The lowest BCUT2D eigenvalue weighted by Gasteiger charge is -2.10. The van der Waals surface area contributed by atoms with Crippen molar-refractivity contribution >= 4 is 17.7 Å². The molecule has 8 nitrogen and oxygen atoms in total. The van der Waals surface area contributed by atoms with Crippen molar-refractivity contribution < 1.29 is 14.3 Å². The first kappa shape index (κ1) is 22.2. The monoisotopic (exact) mass is 476 g/mol. The zero-order valence-corrected chi connectivity index (χ0v) is 19.3. The number of amides is 1. The van der Waals surface area contributed by atoms with Gasteiger partial charge in [-0.25, -0.2) is 14.4 Å². The lowest BCUT2D eigenvalue weighted by atomic mass is 10.1. The fraction of sp³-hybridized carbons (Fsp3) is 0.208. The summed E-state index contributed by atoms with van der Waals surface area (Å²) in [5.41, 5.74) is 3.60.